The Kier molecular flexibility index (Phi) is 8.24. The number of hydrogen-bond acceptors (Lipinski definition) is 5. The molecule has 2 aromatic heterocycles. The van der Waals surface area contributed by atoms with Gasteiger partial charge in [-0.05, 0) is 44.7 Å². The van der Waals surface area contributed by atoms with E-state index in [-0.39, 0.29) is 18.0 Å². The number of carboxylic acids is 1. The second-order valence-electron chi connectivity index (χ2n) is 7.66. The molecule has 2 aromatic rings. The molecule has 1 aliphatic heterocycles. The number of aromatic nitrogens is 2. The fraction of sp³-hybridized carbons (Fsp3) is 0.550. The van der Waals surface area contributed by atoms with Gasteiger partial charge in [-0.1, -0.05) is 0 Å². The molecular formula is C20H27F3N4O3S. The van der Waals surface area contributed by atoms with Crippen LogP contribution in [0.5, 0.6) is 0 Å². The number of aryl methyl sites for hydroxylation is 1. The highest BCUT2D eigenvalue weighted by atomic mass is 32.1. The number of fused-ring (bicyclic) bond motifs is 1. The molecule has 3 heterocycles. The zero-order valence-corrected chi connectivity index (χ0v) is 18.7. The summed E-state index contributed by atoms with van der Waals surface area (Å²) in [5, 5.41) is 12.2. The van der Waals surface area contributed by atoms with Gasteiger partial charge in [0.05, 0.1) is 18.2 Å². The molecule has 0 saturated heterocycles. The van der Waals surface area contributed by atoms with Crippen molar-refractivity contribution in [2.75, 3.05) is 6.54 Å². The largest absolute Gasteiger partial charge is 0.490 e. The summed E-state index contributed by atoms with van der Waals surface area (Å²) in [6, 6.07) is 2.61. The molecular weight excluding hydrogens is 433 g/mol. The minimum Gasteiger partial charge on any atom is -0.475 e. The Morgan fingerprint density at radius 1 is 1.35 bits per heavy atom. The number of carbonyl (C=O) groups is 2. The van der Waals surface area contributed by atoms with E-state index in [1.165, 1.54) is 10.4 Å². The Morgan fingerprint density at radius 2 is 2.00 bits per heavy atom. The van der Waals surface area contributed by atoms with Crippen molar-refractivity contribution in [3.8, 4) is 0 Å². The Labute approximate surface area is 182 Å². The number of carboxylic acid groups (broad SMARTS) is 1. The van der Waals surface area contributed by atoms with Crippen LogP contribution >= 0.6 is 11.3 Å². The SMILES string of the molecule is Cc1ccsc1CN1CCn2cc(CC(=O)NC(C)C)nc2C1C.O=C(O)C(F)(F)F. The minimum absolute atomic E-state index is 0.0409. The van der Waals surface area contributed by atoms with Gasteiger partial charge < -0.3 is 15.0 Å². The van der Waals surface area contributed by atoms with Crippen molar-refractivity contribution in [3.63, 3.8) is 0 Å². The number of imidazole rings is 1. The van der Waals surface area contributed by atoms with Crippen LogP contribution in [-0.4, -0.2) is 50.2 Å². The molecule has 0 saturated carbocycles. The average molecular weight is 461 g/mol. The molecule has 2 N–H and O–H groups in total. The highest BCUT2D eigenvalue weighted by Gasteiger charge is 2.38. The zero-order valence-electron chi connectivity index (χ0n) is 17.9. The number of carbonyl (C=O) groups excluding carboxylic acids is 1. The first-order valence-corrected chi connectivity index (χ1v) is 10.7. The third-order valence-electron chi connectivity index (χ3n) is 4.76. The van der Waals surface area contributed by atoms with Gasteiger partial charge in [0.25, 0.3) is 0 Å². The van der Waals surface area contributed by atoms with Gasteiger partial charge in [0.2, 0.25) is 5.91 Å². The lowest BCUT2D eigenvalue weighted by Crippen LogP contribution is -2.36. The van der Waals surface area contributed by atoms with Crippen molar-refractivity contribution in [1.82, 2.24) is 19.8 Å². The van der Waals surface area contributed by atoms with Gasteiger partial charge in [-0.15, -0.1) is 11.3 Å². The smallest absolute Gasteiger partial charge is 0.475 e. The van der Waals surface area contributed by atoms with Crippen molar-refractivity contribution in [2.24, 2.45) is 0 Å². The third kappa shape index (κ3) is 7.06. The van der Waals surface area contributed by atoms with Crippen LogP contribution in [0.3, 0.4) is 0 Å². The van der Waals surface area contributed by atoms with Crippen molar-refractivity contribution < 1.29 is 27.9 Å². The first-order chi connectivity index (χ1) is 14.4. The lowest BCUT2D eigenvalue weighted by molar-refractivity contribution is -0.192. The number of rotatable bonds is 5. The molecule has 0 fully saturated rings. The lowest BCUT2D eigenvalue weighted by Gasteiger charge is -2.33. The van der Waals surface area contributed by atoms with Crippen molar-refractivity contribution in [3.05, 3.63) is 39.6 Å². The van der Waals surface area contributed by atoms with Gasteiger partial charge in [-0.2, -0.15) is 13.2 Å². The van der Waals surface area contributed by atoms with Crippen molar-refractivity contribution >= 4 is 23.2 Å². The zero-order chi connectivity index (χ0) is 23.3. The summed E-state index contributed by atoms with van der Waals surface area (Å²) in [5.74, 6) is -1.64. The molecule has 11 heteroatoms. The number of nitrogens with one attached hydrogen (secondary N) is 1. The first kappa shape index (κ1) is 24.9. The lowest BCUT2D eigenvalue weighted by atomic mass is 10.2. The van der Waals surface area contributed by atoms with E-state index in [1.54, 1.807) is 0 Å². The Bertz CT molecular complexity index is 908. The summed E-state index contributed by atoms with van der Waals surface area (Å²) in [4.78, 5) is 29.5. The summed E-state index contributed by atoms with van der Waals surface area (Å²) >= 11 is 1.82. The summed E-state index contributed by atoms with van der Waals surface area (Å²) < 4.78 is 33.9. The topological polar surface area (TPSA) is 87.5 Å². The van der Waals surface area contributed by atoms with Gasteiger partial charge in [0.1, 0.15) is 5.82 Å². The highest BCUT2D eigenvalue weighted by Crippen LogP contribution is 2.28. The summed E-state index contributed by atoms with van der Waals surface area (Å²) in [6.07, 6.45) is -2.69. The summed E-state index contributed by atoms with van der Waals surface area (Å²) in [7, 11) is 0. The predicted molar refractivity (Wildman–Crippen MR) is 111 cm³/mol. The quantitative estimate of drug-likeness (QED) is 0.713. The molecule has 1 aliphatic rings. The van der Waals surface area contributed by atoms with Crippen molar-refractivity contribution in [1.29, 1.82) is 0 Å². The molecule has 0 aromatic carbocycles. The molecule has 1 unspecified atom stereocenters. The first-order valence-electron chi connectivity index (χ1n) is 9.81. The van der Waals surface area contributed by atoms with Crippen LogP contribution in [0.1, 0.15) is 48.8 Å². The van der Waals surface area contributed by atoms with Crippen LogP contribution in [0.25, 0.3) is 0 Å². The number of thiophene rings is 1. The third-order valence-corrected chi connectivity index (χ3v) is 5.76. The van der Waals surface area contributed by atoms with Crippen LogP contribution in [0, 0.1) is 6.92 Å². The average Bonchev–Trinajstić information content (AvgIpc) is 3.22. The molecule has 1 amide bonds. The van der Waals surface area contributed by atoms with Crippen LogP contribution < -0.4 is 5.32 Å². The van der Waals surface area contributed by atoms with E-state index in [4.69, 9.17) is 14.9 Å². The van der Waals surface area contributed by atoms with E-state index in [2.05, 4.69) is 40.1 Å². The number of alkyl halides is 3. The monoisotopic (exact) mass is 460 g/mol. The molecule has 7 nitrogen and oxygen atoms in total. The van der Waals surface area contributed by atoms with Gasteiger partial charge in [0.15, 0.2) is 0 Å². The highest BCUT2D eigenvalue weighted by molar-refractivity contribution is 7.10. The number of halogens is 3. The minimum atomic E-state index is -5.08. The molecule has 0 radical (unpaired) electrons. The maximum atomic E-state index is 12.0. The fourth-order valence-corrected chi connectivity index (χ4v) is 4.11. The second-order valence-corrected chi connectivity index (χ2v) is 8.66. The predicted octanol–water partition coefficient (Wildman–Crippen LogP) is 3.53. The fourth-order valence-electron chi connectivity index (χ4n) is 3.18. The number of nitrogens with zero attached hydrogens (tertiary/aromatic N) is 3. The Hall–Kier alpha value is -2.40. The number of aliphatic carboxylic acids is 1. The van der Waals surface area contributed by atoms with Crippen LogP contribution in [-0.2, 0) is 29.1 Å². The number of amides is 1. The van der Waals surface area contributed by atoms with Gasteiger partial charge in [0, 0.05) is 36.8 Å². The molecule has 0 spiro atoms. The van der Waals surface area contributed by atoms with E-state index in [9.17, 15) is 18.0 Å². The van der Waals surface area contributed by atoms with Crippen LogP contribution in [0.4, 0.5) is 13.2 Å². The molecule has 172 valence electrons. The standard InChI is InChI=1S/C18H26N4OS.C2HF3O2/c1-12(2)19-17(23)9-15-10-22-7-6-21(14(4)18(22)20-15)11-16-13(3)5-8-24-16;3-2(4,5)1(6)7/h5,8,10,12,14H,6-7,9,11H2,1-4H3,(H,19,23);(H,6,7). The molecule has 31 heavy (non-hydrogen) atoms. The van der Waals surface area contributed by atoms with E-state index < -0.39 is 12.1 Å². The van der Waals surface area contributed by atoms with E-state index in [0.717, 1.165) is 31.2 Å². The van der Waals surface area contributed by atoms with Gasteiger partial charge >= 0.3 is 12.1 Å². The maximum Gasteiger partial charge on any atom is 0.490 e. The van der Waals surface area contributed by atoms with E-state index in [0.29, 0.717) is 6.42 Å². The van der Waals surface area contributed by atoms with Gasteiger partial charge in [-0.3, -0.25) is 9.69 Å². The number of hydrogen-bond donors (Lipinski definition) is 2. The maximum absolute atomic E-state index is 12.0. The van der Waals surface area contributed by atoms with Crippen LogP contribution in [0.15, 0.2) is 17.6 Å². The van der Waals surface area contributed by atoms with Crippen LogP contribution in [0.2, 0.25) is 0 Å². The normalized spacial score (nSPS) is 16.5. The molecule has 0 bridgehead atoms. The molecule has 1 atom stereocenters. The van der Waals surface area contributed by atoms with E-state index >= 15 is 0 Å². The Balaban J connectivity index is 0.000000423. The Morgan fingerprint density at radius 3 is 2.52 bits per heavy atom. The summed E-state index contributed by atoms with van der Waals surface area (Å²) in [5.41, 5.74) is 2.23. The van der Waals surface area contributed by atoms with E-state index in [1.807, 2.05) is 31.4 Å². The molecule has 3 rings (SSSR count). The second kappa shape index (κ2) is 10.3. The summed E-state index contributed by atoms with van der Waals surface area (Å²) in [6.45, 7) is 11.3. The van der Waals surface area contributed by atoms with Crippen molar-refractivity contribution in [2.45, 2.75) is 65.5 Å². The van der Waals surface area contributed by atoms with Gasteiger partial charge in [-0.25, -0.2) is 9.78 Å². The molecule has 0 aliphatic carbocycles.